The van der Waals surface area contributed by atoms with Crippen molar-refractivity contribution in [1.29, 1.82) is 0 Å². The number of nitrogens with one attached hydrogen (secondary N) is 2. The van der Waals surface area contributed by atoms with Crippen LogP contribution in [0.3, 0.4) is 0 Å². The Morgan fingerprint density at radius 3 is 3.00 bits per heavy atom. The van der Waals surface area contributed by atoms with Crippen LogP contribution in [0.2, 0.25) is 5.02 Å². The lowest BCUT2D eigenvalue weighted by Crippen LogP contribution is -2.30. The van der Waals surface area contributed by atoms with E-state index in [1.807, 2.05) is 0 Å². The number of rotatable bonds is 7. The van der Waals surface area contributed by atoms with E-state index in [4.69, 9.17) is 16.3 Å². The van der Waals surface area contributed by atoms with Gasteiger partial charge in [0.1, 0.15) is 0 Å². The molecule has 124 valence electrons. The Morgan fingerprint density at radius 2 is 2.30 bits per heavy atom. The largest absolute Gasteiger partial charge is 0.486 e. The first-order valence-corrected chi connectivity index (χ1v) is 7.66. The third kappa shape index (κ3) is 5.54. The second kappa shape index (κ2) is 8.50. The van der Waals surface area contributed by atoms with Crippen LogP contribution >= 0.6 is 11.6 Å². The molecule has 0 atom stereocenters. The first-order valence-electron chi connectivity index (χ1n) is 7.28. The third-order valence-corrected chi connectivity index (χ3v) is 3.61. The van der Waals surface area contributed by atoms with Crippen LogP contribution in [-0.4, -0.2) is 37.1 Å². The molecule has 2 rings (SSSR count). The molecule has 0 bridgehead atoms. The highest BCUT2D eigenvalue weighted by Gasteiger charge is 2.16. The first-order chi connectivity index (χ1) is 11.1. The van der Waals surface area contributed by atoms with Crippen molar-refractivity contribution in [2.45, 2.75) is 12.8 Å². The monoisotopic (exact) mass is 339 g/mol. The summed E-state index contributed by atoms with van der Waals surface area (Å²) in [6.07, 6.45) is 3.12. The summed E-state index contributed by atoms with van der Waals surface area (Å²) in [5, 5.41) is 17.2. The number of carbonyl (C=O) groups is 1. The summed E-state index contributed by atoms with van der Waals surface area (Å²) in [5.74, 6) is -0.0469. The highest BCUT2D eigenvalue weighted by atomic mass is 35.5. The zero-order valence-corrected chi connectivity index (χ0v) is 13.3. The van der Waals surface area contributed by atoms with Gasteiger partial charge in [-0.3, -0.25) is 14.9 Å². The quantitative estimate of drug-likeness (QED) is 0.450. The Kier molecular flexibility index (Phi) is 6.37. The van der Waals surface area contributed by atoms with E-state index in [9.17, 15) is 14.9 Å². The van der Waals surface area contributed by atoms with Gasteiger partial charge < -0.3 is 15.4 Å². The molecular formula is C15H18ClN3O4. The molecule has 0 fully saturated rings. The summed E-state index contributed by atoms with van der Waals surface area (Å²) >= 11 is 5.73. The topological polar surface area (TPSA) is 93.5 Å². The molecule has 0 aromatic heterocycles. The molecule has 0 spiro atoms. The Labute approximate surface area is 138 Å². The number of nitrogens with zero attached hydrogens (tertiary/aromatic N) is 1. The number of nitro groups is 1. The fourth-order valence-corrected chi connectivity index (χ4v) is 2.31. The van der Waals surface area contributed by atoms with Crippen molar-refractivity contribution >= 4 is 23.2 Å². The molecule has 1 heterocycles. The van der Waals surface area contributed by atoms with Gasteiger partial charge in [-0.15, -0.1) is 0 Å². The lowest BCUT2D eigenvalue weighted by Gasteiger charge is -2.14. The molecule has 0 radical (unpaired) electrons. The van der Waals surface area contributed by atoms with Crippen molar-refractivity contribution in [1.82, 2.24) is 10.6 Å². The molecule has 7 nitrogen and oxygen atoms in total. The summed E-state index contributed by atoms with van der Waals surface area (Å²) < 4.78 is 5.33. The molecule has 1 aliphatic rings. The SMILES string of the molecule is O=C(CCOc1ccc(Cl)cc1[N+](=O)[O-])NCC1=CCNCC1. The van der Waals surface area contributed by atoms with Crippen LogP contribution in [0.5, 0.6) is 5.75 Å². The van der Waals surface area contributed by atoms with Gasteiger partial charge in [0, 0.05) is 24.2 Å². The van der Waals surface area contributed by atoms with Crippen molar-refractivity contribution in [3.8, 4) is 5.75 Å². The molecule has 0 unspecified atom stereocenters. The van der Waals surface area contributed by atoms with Crippen LogP contribution in [0, 0.1) is 10.1 Å². The average Bonchev–Trinajstić information content (AvgIpc) is 2.55. The van der Waals surface area contributed by atoms with Crippen LogP contribution in [0.25, 0.3) is 0 Å². The summed E-state index contributed by atoms with van der Waals surface area (Å²) in [6.45, 7) is 2.34. The Balaban J connectivity index is 1.77. The maximum absolute atomic E-state index is 11.8. The van der Waals surface area contributed by atoms with Crippen LogP contribution in [0.1, 0.15) is 12.8 Å². The zero-order chi connectivity index (χ0) is 16.7. The van der Waals surface area contributed by atoms with E-state index in [0.29, 0.717) is 6.54 Å². The average molecular weight is 340 g/mol. The predicted molar refractivity (Wildman–Crippen MR) is 86.8 cm³/mol. The third-order valence-electron chi connectivity index (χ3n) is 3.37. The molecule has 0 saturated carbocycles. The second-order valence-electron chi connectivity index (χ2n) is 5.06. The second-order valence-corrected chi connectivity index (χ2v) is 5.50. The Morgan fingerprint density at radius 1 is 1.48 bits per heavy atom. The van der Waals surface area contributed by atoms with Crippen LogP contribution in [0.4, 0.5) is 5.69 Å². The standard InChI is InChI=1S/C15H18ClN3O4/c16-12-1-2-14(13(9-12)19(21)22)23-8-5-15(20)18-10-11-3-6-17-7-4-11/h1-3,9,17H,4-8,10H2,(H,18,20). The van der Waals surface area contributed by atoms with Crippen LogP contribution < -0.4 is 15.4 Å². The van der Waals surface area contributed by atoms with Gasteiger partial charge in [0.15, 0.2) is 5.75 Å². The first kappa shape index (κ1) is 17.2. The molecule has 1 aromatic rings. The van der Waals surface area contributed by atoms with E-state index in [0.717, 1.165) is 19.5 Å². The van der Waals surface area contributed by atoms with E-state index < -0.39 is 4.92 Å². The highest BCUT2D eigenvalue weighted by Crippen LogP contribution is 2.29. The fourth-order valence-electron chi connectivity index (χ4n) is 2.14. The van der Waals surface area contributed by atoms with Gasteiger partial charge in [-0.05, 0) is 25.1 Å². The highest BCUT2D eigenvalue weighted by molar-refractivity contribution is 6.30. The van der Waals surface area contributed by atoms with Gasteiger partial charge >= 0.3 is 5.69 Å². The van der Waals surface area contributed by atoms with Gasteiger partial charge in [0.05, 0.1) is 18.0 Å². The van der Waals surface area contributed by atoms with Crippen molar-refractivity contribution in [3.63, 3.8) is 0 Å². The molecule has 0 aliphatic carbocycles. The van der Waals surface area contributed by atoms with Crippen molar-refractivity contribution in [2.24, 2.45) is 0 Å². The Bertz CT molecular complexity index is 619. The lowest BCUT2D eigenvalue weighted by atomic mass is 10.1. The maximum atomic E-state index is 11.8. The van der Waals surface area contributed by atoms with Crippen LogP contribution in [0.15, 0.2) is 29.8 Å². The van der Waals surface area contributed by atoms with Crippen molar-refractivity contribution in [2.75, 3.05) is 26.2 Å². The lowest BCUT2D eigenvalue weighted by molar-refractivity contribution is -0.385. The fraction of sp³-hybridized carbons (Fsp3) is 0.400. The molecule has 23 heavy (non-hydrogen) atoms. The number of hydrogen-bond acceptors (Lipinski definition) is 5. The summed E-state index contributed by atoms with van der Waals surface area (Å²) in [6, 6.07) is 4.16. The maximum Gasteiger partial charge on any atom is 0.312 e. The van der Waals surface area contributed by atoms with Crippen molar-refractivity contribution in [3.05, 3.63) is 45.0 Å². The minimum atomic E-state index is -0.565. The molecular weight excluding hydrogens is 322 g/mol. The van der Waals surface area contributed by atoms with Gasteiger partial charge in [-0.25, -0.2) is 0 Å². The summed E-state index contributed by atoms with van der Waals surface area (Å²) in [4.78, 5) is 22.1. The van der Waals surface area contributed by atoms with Crippen molar-refractivity contribution < 1.29 is 14.5 Å². The van der Waals surface area contributed by atoms with E-state index in [1.165, 1.54) is 23.8 Å². The molecule has 1 aromatic carbocycles. The summed E-state index contributed by atoms with van der Waals surface area (Å²) in [7, 11) is 0. The predicted octanol–water partition coefficient (Wildman–Crippen LogP) is 2.05. The summed E-state index contributed by atoms with van der Waals surface area (Å²) in [5.41, 5.74) is 0.990. The van der Waals surface area contributed by atoms with E-state index in [2.05, 4.69) is 16.7 Å². The zero-order valence-electron chi connectivity index (χ0n) is 12.5. The molecule has 1 aliphatic heterocycles. The number of hydrogen-bond donors (Lipinski definition) is 2. The normalized spacial score (nSPS) is 14.0. The van der Waals surface area contributed by atoms with E-state index in [1.54, 1.807) is 0 Å². The van der Waals surface area contributed by atoms with E-state index in [-0.39, 0.29) is 35.4 Å². The molecule has 0 saturated heterocycles. The van der Waals surface area contributed by atoms with Gasteiger partial charge in [0.2, 0.25) is 5.91 Å². The van der Waals surface area contributed by atoms with Crippen LogP contribution in [-0.2, 0) is 4.79 Å². The molecule has 2 N–H and O–H groups in total. The number of amides is 1. The minimum absolute atomic E-state index is 0.0644. The van der Waals surface area contributed by atoms with Gasteiger partial charge in [-0.1, -0.05) is 23.3 Å². The van der Waals surface area contributed by atoms with Gasteiger partial charge in [-0.2, -0.15) is 0 Å². The smallest absolute Gasteiger partial charge is 0.312 e. The molecule has 8 heteroatoms. The van der Waals surface area contributed by atoms with Gasteiger partial charge in [0.25, 0.3) is 0 Å². The number of carbonyl (C=O) groups excluding carboxylic acids is 1. The minimum Gasteiger partial charge on any atom is -0.486 e. The number of halogens is 1. The number of ether oxygens (including phenoxy) is 1. The van der Waals surface area contributed by atoms with E-state index >= 15 is 0 Å². The number of nitro benzene ring substituents is 1. The number of benzene rings is 1. The Hall–Kier alpha value is -2.12. The molecule has 1 amide bonds.